The van der Waals surface area contributed by atoms with Crippen LogP contribution in [0.4, 0.5) is 10.5 Å². The zero-order valence-electron chi connectivity index (χ0n) is 11.3. The molecule has 0 bridgehead atoms. The number of anilines is 1. The highest BCUT2D eigenvalue weighted by Crippen LogP contribution is 2.17. The van der Waals surface area contributed by atoms with Crippen LogP contribution in [-0.2, 0) is 0 Å². The SMILES string of the molecule is CCC(C)NC(=O)c1ccc(N2CCNC2=O)cc1. The minimum absolute atomic E-state index is 0.0771. The lowest BCUT2D eigenvalue weighted by Gasteiger charge is -2.15. The van der Waals surface area contributed by atoms with Crippen molar-refractivity contribution in [1.82, 2.24) is 10.6 Å². The third-order valence-electron chi connectivity index (χ3n) is 3.29. The van der Waals surface area contributed by atoms with Crippen LogP contribution in [0.3, 0.4) is 0 Å². The second-order valence-corrected chi connectivity index (χ2v) is 4.71. The number of urea groups is 1. The number of amides is 3. The molecule has 0 aliphatic carbocycles. The summed E-state index contributed by atoms with van der Waals surface area (Å²) in [5, 5.41) is 5.66. The molecule has 1 atom stereocenters. The molecule has 1 aromatic rings. The highest BCUT2D eigenvalue weighted by atomic mass is 16.2. The number of nitrogens with zero attached hydrogens (tertiary/aromatic N) is 1. The smallest absolute Gasteiger partial charge is 0.321 e. The van der Waals surface area contributed by atoms with Crippen molar-refractivity contribution in [3.8, 4) is 0 Å². The molecule has 5 heteroatoms. The monoisotopic (exact) mass is 261 g/mol. The first-order valence-electron chi connectivity index (χ1n) is 6.58. The largest absolute Gasteiger partial charge is 0.350 e. The molecule has 1 aromatic carbocycles. The third-order valence-corrected chi connectivity index (χ3v) is 3.29. The number of carbonyl (C=O) groups excluding carboxylic acids is 2. The maximum atomic E-state index is 11.9. The van der Waals surface area contributed by atoms with E-state index in [0.29, 0.717) is 18.7 Å². The van der Waals surface area contributed by atoms with E-state index in [0.717, 1.165) is 12.1 Å². The average Bonchev–Trinajstić information content (AvgIpc) is 2.85. The lowest BCUT2D eigenvalue weighted by Crippen LogP contribution is -2.32. The molecule has 5 nitrogen and oxygen atoms in total. The van der Waals surface area contributed by atoms with E-state index in [1.165, 1.54) is 0 Å². The molecule has 1 heterocycles. The fourth-order valence-corrected chi connectivity index (χ4v) is 1.92. The van der Waals surface area contributed by atoms with Crippen LogP contribution in [0.15, 0.2) is 24.3 Å². The summed E-state index contributed by atoms with van der Waals surface area (Å²) in [4.78, 5) is 25.1. The molecule has 0 saturated carbocycles. The van der Waals surface area contributed by atoms with Crippen LogP contribution in [-0.4, -0.2) is 31.1 Å². The molecule has 1 aliphatic rings. The number of rotatable bonds is 4. The summed E-state index contributed by atoms with van der Waals surface area (Å²) in [7, 11) is 0. The zero-order chi connectivity index (χ0) is 13.8. The summed E-state index contributed by atoms with van der Waals surface area (Å²) in [5.74, 6) is -0.0771. The second kappa shape index (κ2) is 5.73. The molecular formula is C14H19N3O2. The van der Waals surface area contributed by atoms with Crippen LogP contribution >= 0.6 is 0 Å². The lowest BCUT2D eigenvalue weighted by molar-refractivity contribution is 0.0939. The highest BCUT2D eigenvalue weighted by molar-refractivity contribution is 5.97. The summed E-state index contributed by atoms with van der Waals surface area (Å²) in [6, 6.07) is 7.18. The fraction of sp³-hybridized carbons (Fsp3) is 0.429. The topological polar surface area (TPSA) is 61.4 Å². The maximum Gasteiger partial charge on any atom is 0.321 e. The van der Waals surface area contributed by atoms with Crippen molar-refractivity contribution in [1.29, 1.82) is 0 Å². The van der Waals surface area contributed by atoms with E-state index in [4.69, 9.17) is 0 Å². The van der Waals surface area contributed by atoms with Crippen molar-refractivity contribution in [3.63, 3.8) is 0 Å². The van der Waals surface area contributed by atoms with Crippen molar-refractivity contribution in [2.45, 2.75) is 26.3 Å². The zero-order valence-corrected chi connectivity index (χ0v) is 11.3. The van der Waals surface area contributed by atoms with Gasteiger partial charge in [0.05, 0.1) is 0 Å². The summed E-state index contributed by atoms with van der Waals surface area (Å²) in [5.41, 5.74) is 1.43. The van der Waals surface area contributed by atoms with E-state index in [9.17, 15) is 9.59 Å². The van der Waals surface area contributed by atoms with E-state index in [1.807, 2.05) is 13.8 Å². The van der Waals surface area contributed by atoms with Crippen molar-refractivity contribution >= 4 is 17.6 Å². The number of nitrogens with one attached hydrogen (secondary N) is 2. The Kier molecular flexibility index (Phi) is 4.04. The first-order valence-corrected chi connectivity index (χ1v) is 6.58. The van der Waals surface area contributed by atoms with Gasteiger partial charge in [0.25, 0.3) is 5.91 Å². The number of hydrogen-bond donors (Lipinski definition) is 2. The van der Waals surface area contributed by atoms with Gasteiger partial charge in [-0.2, -0.15) is 0 Å². The van der Waals surface area contributed by atoms with Crippen LogP contribution in [0.5, 0.6) is 0 Å². The van der Waals surface area contributed by atoms with E-state index < -0.39 is 0 Å². The molecular weight excluding hydrogens is 242 g/mol. The molecule has 0 aromatic heterocycles. The minimum atomic E-state index is -0.0863. The van der Waals surface area contributed by atoms with Crippen LogP contribution < -0.4 is 15.5 Å². The molecule has 2 rings (SSSR count). The molecule has 2 N–H and O–H groups in total. The molecule has 19 heavy (non-hydrogen) atoms. The summed E-state index contributed by atoms with van der Waals surface area (Å²) >= 11 is 0. The summed E-state index contributed by atoms with van der Waals surface area (Å²) in [6.07, 6.45) is 0.901. The molecule has 102 valence electrons. The van der Waals surface area contributed by atoms with Crippen LogP contribution in [0, 0.1) is 0 Å². The van der Waals surface area contributed by atoms with Crippen molar-refractivity contribution < 1.29 is 9.59 Å². The molecule has 3 amide bonds. The van der Waals surface area contributed by atoms with Gasteiger partial charge in [0.1, 0.15) is 0 Å². The second-order valence-electron chi connectivity index (χ2n) is 4.71. The van der Waals surface area contributed by atoms with E-state index in [1.54, 1.807) is 29.2 Å². The quantitative estimate of drug-likeness (QED) is 0.867. The molecule has 1 fully saturated rings. The van der Waals surface area contributed by atoms with Gasteiger partial charge in [-0.05, 0) is 37.6 Å². The van der Waals surface area contributed by atoms with Gasteiger partial charge in [0, 0.05) is 30.4 Å². The number of hydrogen-bond acceptors (Lipinski definition) is 2. The predicted octanol–water partition coefficient (Wildman–Crippen LogP) is 1.74. The molecule has 1 saturated heterocycles. The standard InChI is InChI=1S/C14H19N3O2/c1-3-10(2)16-13(18)11-4-6-12(7-5-11)17-9-8-15-14(17)19/h4-7,10H,3,8-9H2,1-2H3,(H,15,19)(H,16,18). The highest BCUT2D eigenvalue weighted by Gasteiger charge is 2.21. The minimum Gasteiger partial charge on any atom is -0.350 e. The predicted molar refractivity (Wildman–Crippen MR) is 74.4 cm³/mol. The van der Waals surface area contributed by atoms with Crippen molar-refractivity contribution in [3.05, 3.63) is 29.8 Å². The van der Waals surface area contributed by atoms with Gasteiger partial charge in [0.15, 0.2) is 0 Å². The molecule has 0 radical (unpaired) electrons. The van der Waals surface area contributed by atoms with Gasteiger partial charge >= 0.3 is 6.03 Å². The maximum absolute atomic E-state index is 11.9. The lowest BCUT2D eigenvalue weighted by atomic mass is 10.1. The van der Waals surface area contributed by atoms with Crippen LogP contribution in [0.1, 0.15) is 30.6 Å². The summed E-state index contributed by atoms with van der Waals surface area (Å²) < 4.78 is 0. The van der Waals surface area contributed by atoms with Gasteiger partial charge in [0.2, 0.25) is 0 Å². The van der Waals surface area contributed by atoms with Gasteiger partial charge in [-0.25, -0.2) is 4.79 Å². The number of benzene rings is 1. The van der Waals surface area contributed by atoms with Crippen molar-refractivity contribution in [2.75, 3.05) is 18.0 Å². The van der Waals surface area contributed by atoms with Crippen LogP contribution in [0.2, 0.25) is 0 Å². The Morgan fingerprint density at radius 2 is 2.11 bits per heavy atom. The number of carbonyl (C=O) groups is 2. The normalized spacial score (nSPS) is 16.1. The third kappa shape index (κ3) is 3.05. The van der Waals surface area contributed by atoms with E-state index >= 15 is 0 Å². The van der Waals surface area contributed by atoms with Gasteiger partial charge in [-0.15, -0.1) is 0 Å². The average molecular weight is 261 g/mol. The van der Waals surface area contributed by atoms with Gasteiger partial charge in [-0.1, -0.05) is 6.92 Å². The Balaban J connectivity index is 2.06. The fourth-order valence-electron chi connectivity index (χ4n) is 1.92. The Morgan fingerprint density at radius 1 is 1.42 bits per heavy atom. The van der Waals surface area contributed by atoms with E-state index in [-0.39, 0.29) is 18.0 Å². The van der Waals surface area contributed by atoms with E-state index in [2.05, 4.69) is 10.6 Å². The Hall–Kier alpha value is -2.04. The molecule has 1 aliphatic heterocycles. The molecule has 0 spiro atoms. The first kappa shape index (κ1) is 13.4. The Bertz CT molecular complexity index is 470. The summed E-state index contributed by atoms with van der Waals surface area (Å²) in [6.45, 7) is 5.33. The Morgan fingerprint density at radius 3 is 2.63 bits per heavy atom. The Labute approximate surface area is 113 Å². The first-order chi connectivity index (χ1) is 9.11. The molecule has 1 unspecified atom stereocenters. The van der Waals surface area contributed by atoms with Gasteiger partial charge < -0.3 is 10.6 Å². The van der Waals surface area contributed by atoms with Crippen LogP contribution in [0.25, 0.3) is 0 Å². The van der Waals surface area contributed by atoms with Gasteiger partial charge in [-0.3, -0.25) is 9.69 Å². The van der Waals surface area contributed by atoms with Crippen molar-refractivity contribution in [2.24, 2.45) is 0 Å².